The van der Waals surface area contributed by atoms with E-state index in [2.05, 4.69) is 30.6 Å². The fraction of sp³-hybridized carbons (Fsp3) is 0.375. The predicted octanol–water partition coefficient (Wildman–Crippen LogP) is 4.59. The van der Waals surface area contributed by atoms with Gasteiger partial charge < -0.3 is 5.32 Å². The summed E-state index contributed by atoms with van der Waals surface area (Å²) in [5.74, 6) is -0.127. The number of benzene rings is 1. The van der Waals surface area contributed by atoms with E-state index >= 15 is 0 Å². The number of aryl methyl sites for hydroxylation is 2. The molecule has 0 aliphatic heterocycles. The molecule has 1 unspecified atom stereocenters. The second-order valence-electron chi connectivity index (χ2n) is 4.90. The molecule has 0 saturated heterocycles. The highest BCUT2D eigenvalue weighted by Crippen LogP contribution is 2.28. The molecular weight excluding hydrogens is 257 g/mol. The summed E-state index contributed by atoms with van der Waals surface area (Å²) in [6.07, 6.45) is 1.03. The van der Waals surface area contributed by atoms with Gasteiger partial charge in [0.2, 0.25) is 0 Å². The van der Waals surface area contributed by atoms with Crippen LogP contribution >= 0.6 is 11.3 Å². The number of thiophene rings is 1. The lowest BCUT2D eigenvalue weighted by molar-refractivity contribution is 0.547. The first kappa shape index (κ1) is 14.2. The highest BCUT2D eigenvalue weighted by molar-refractivity contribution is 7.10. The van der Waals surface area contributed by atoms with Crippen molar-refractivity contribution in [3.63, 3.8) is 0 Å². The van der Waals surface area contributed by atoms with Crippen LogP contribution in [-0.4, -0.2) is 6.54 Å². The van der Waals surface area contributed by atoms with Crippen molar-refractivity contribution in [3.8, 4) is 0 Å². The standard InChI is InChI=1S/C16H20FNS/c1-4-7-18-16(13-9-12(3)19-10-13)14-6-5-11(2)8-15(14)17/h5-6,8-10,16,18H,4,7H2,1-3H3. The molecule has 3 heteroatoms. The van der Waals surface area contributed by atoms with Crippen molar-refractivity contribution in [2.45, 2.75) is 33.2 Å². The summed E-state index contributed by atoms with van der Waals surface area (Å²) in [4.78, 5) is 1.26. The molecule has 0 aliphatic carbocycles. The smallest absolute Gasteiger partial charge is 0.128 e. The Labute approximate surface area is 118 Å². The highest BCUT2D eigenvalue weighted by atomic mass is 32.1. The largest absolute Gasteiger partial charge is 0.306 e. The van der Waals surface area contributed by atoms with Crippen molar-refractivity contribution in [1.29, 1.82) is 0 Å². The summed E-state index contributed by atoms with van der Waals surface area (Å²) in [7, 11) is 0. The number of hydrogen-bond acceptors (Lipinski definition) is 2. The molecule has 1 atom stereocenters. The van der Waals surface area contributed by atoms with E-state index in [1.165, 1.54) is 4.88 Å². The number of hydrogen-bond donors (Lipinski definition) is 1. The normalized spacial score (nSPS) is 12.6. The summed E-state index contributed by atoms with van der Waals surface area (Å²) in [5.41, 5.74) is 2.84. The van der Waals surface area contributed by atoms with Gasteiger partial charge in [-0.2, -0.15) is 0 Å². The van der Waals surface area contributed by atoms with Gasteiger partial charge in [0.25, 0.3) is 0 Å². The first-order chi connectivity index (χ1) is 9.11. The third-order valence-electron chi connectivity index (χ3n) is 3.15. The molecule has 1 N–H and O–H groups in total. The summed E-state index contributed by atoms with van der Waals surface area (Å²) in [5, 5.41) is 5.56. The van der Waals surface area contributed by atoms with Gasteiger partial charge in [-0.15, -0.1) is 11.3 Å². The Kier molecular flexibility index (Phi) is 4.72. The van der Waals surface area contributed by atoms with Crippen LogP contribution in [0.4, 0.5) is 4.39 Å². The van der Waals surface area contributed by atoms with E-state index in [9.17, 15) is 4.39 Å². The summed E-state index contributed by atoms with van der Waals surface area (Å²) in [6.45, 7) is 6.99. The van der Waals surface area contributed by atoms with Gasteiger partial charge in [0, 0.05) is 10.4 Å². The zero-order chi connectivity index (χ0) is 13.8. The second-order valence-corrected chi connectivity index (χ2v) is 6.02. The molecule has 2 rings (SSSR count). The average Bonchev–Trinajstić information content (AvgIpc) is 2.78. The second kappa shape index (κ2) is 6.31. The molecule has 0 spiro atoms. The zero-order valence-corrected chi connectivity index (χ0v) is 12.5. The van der Waals surface area contributed by atoms with Crippen molar-refractivity contribution >= 4 is 11.3 Å². The van der Waals surface area contributed by atoms with Gasteiger partial charge in [0.1, 0.15) is 5.82 Å². The summed E-state index contributed by atoms with van der Waals surface area (Å²) < 4.78 is 14.2. The van der Waals surface area contributed by atoms with Crippen molar-refractivity contribution in [2.24, 2.45) is 0 Å². The third kappa shape index (κ3) is 3.43. The Hall–Kier alpha value is -1.19. The van der Waals surface area contributed by atoms with Crippen molar-refractivity contribution < 1.29 is 4.39 Å². The molecule has 102 valence electrons. The van der Waals surface area contributed by atoms with Crippen LogP contribution in [0.3, 0.4) is 0 Å². The van der Waals surface area contributed by atoms with Crippen LogP contribution in [0.15, 0.2) is 29.6 Å². The lowest BCUT2D eigenvalue weighted by Crippen LogP contribution is -2.23. The summed E-state index contributed by atoms with van der Waals surface area (Å²) in [6, 6.07) is 7.56. The van der Waals surface area contributed by atoms with E-state index < -0.39 is 0 Å². The highest BCUT2D eigenvalue weighted by Gasteiger charge is 2.18. The number of nitrogens with one attached hydrogen (secondary N) is 1. The first-order valence-electron chi connectivity index (χ1n) is 6.66. The fourth-order valence-electron chi connectivity index (χ4n) is 2.18. The van der Waals surface area contributed by atoms with Gasteiger partial charge >= 0.3 is 0 Å². The quantitative estimate of drug-likeness (QED) is 0.842. The van der Waals surface area contributed by atoms with Crippen molar-refractivity contribution in [2.75, 3.05) is 6.54 Å². The maximum atomic E-state index is 14.2. The molecule has 1 nitrogen and oxygen atoms in total. The minimum absolute atomic E-state index is 0.0505. The molecule has 0 radical (unpaired) electrons. The molecule has 0 fully saturated rings. The van der Waals surface area contributed by atoms with Gasteiger partial charge in [-0.1, -0.05) is 19.1 Å². The minimum Gasteiger partial charge on any atom is -0.306 e. The van der Waals surface area contributed by atoms with E-state index in [1.54, 1.807) is 17.4 Å². The molecule has 0 bridgehead atoms. The Morgan fingerprint density at radius 1 is 1.26 bits per heavy atom. The van der Waals surface area contributed by atoms with E-state index in [0.29, 0.717) is 0 Å². The number of halogens is 1. The van der Waals surface area contributed by atoms with Crippen LogP contribution in [-0.2, 0) is 0 Å². The first-order valence-corrected chi connectivity index (χ1v) is 7.54. The minimum atomic E-state index is -0.127. The Bertz CT molecular complexity index is 547. The lowest BCUT2D eigenvalue weighted by Gasteiger charge is -2.19. The topological polar surface area (TPSA) is 12.0 Å². The molecule has 1 aromatic heterocycles. The molecule has 1 heterocycles. The molecule has 1 aromatic carbocycles. The SMILES string of the molecule is CCCNC(c1csc(C)c1)c1ccc(C)cc1F. The van der Waals surface area contributed by atoms with Gasteiger partial charge in [-0.25, -0.2) is 4.39 Å². The van der Waals surface area contributed by atoms with Gasteiger partial charge in [0.15, 0.2) is 0 Å². The van der Waals surface area contributed by atoms with Crippen LogP contribution in [0.1, 0.15) is 41.0 Å². The maximum Gasteiger partial charge on any atom is 0.128 e. The summed E-state index contributed by atoms with van der Waals surface area (Å²) >= 11 is 1.71. The molecule has 2 aromatic rings. The Morgan fingerprint density at radius 2 is 2.05 bits per heavy atom. The Balaban J connectivity index is 2.36. The molecule has 0 saturated carbocycles. The van der Waals surface area contributed by atoms with Crippen molar-refractivity contribution in [3.05, 3.63) is 57.0 Å². The van der Waals surface area contributed by atoms with E-state index in [-0.39, 0.29) is 11.9 Å². The average molecular weight is 277 g/mol. The van der Waals surface area contributed by atoms with Crippen LogP contribution in [0.2, 0.25) is 0 Å². The van der Waals surface area contributed by atoms with Gasteiger partial charge in [-0.3, -0.25) is 0 Å². The zero-order valence-electron chi connectivity index (χ0n) is 11.7. The van der Waals surface area contributed by atoms with Crippen LogP contribution in [0, 0.1) is 19.7 Å². The van der Waals surface area contributed by atoms with E-state index in [0.717, 1.165) is 29.7 Å². The molecule has 0 aliphatic rings. The fourth-order valence-corrected chi connectivity index (χ4v) is 2.91. The molecule has 0 amide bonds. The van der Waals surface area contributed by atoms with E-state index in [1.807, 2.05) is 19.1 Å². The van der Waals surface area contributed by atoms with Gasteiger partial charge in [0.05, 0.1) is 6.04 Å². The third-order valence-corrected chi connectivity index (χ3v) is 4.03. The number of rotatable bonds is 5. The lowest BCUT2D eigenvalue weighted by atomic mass is 9.99. The van der Waals surface area contributed by atoms with Crippen LogP contribution < -0.4 is 5.32 Å². The molecular formula is C16H20FNS. The predicted molar refractivity (Wildman–Crippen MR) is 80.3 cm³/mol. The Morgan fingerprint density at radius 3 is 2.63 bits per heavy atom. The molecule has 19 heavy (non-hydrogen) atoms. The van der Waals surface area contributed by atoms with E-state index in [4.69, 9.17) is 0 Å². The van der Waals surface area contributed by atoms with Crippen molar-refractivity contribution in [1.82, 2.24) is 5.32 Å². The van der Waals surface area contributed by atoms with Crippen LogP contribution in [0.25, 0.3) is 0 Å². The maximum absolute atomic E-state index is 14.2. The van der Waals surface area contributed by atoms with Gasteiger partial charge in [-0.05, 0) is 55.5 Å². The monoisotopic (exact) mass is 277 g/mol. The van der Waals surface area contributed by atoms with Crippen LogP contribution in [0.5, 0.6) is 0 Å².